The van der Waals surface area contributed by atoms with Gasteiger partial charge in [0.05, 0.1) is 0 Å². The molecule has 1 aliphatic rings. The van der Waals surface area contributed by atoms with Crippen LogP contribution in [-0.4, -0.2) is 11.4 Å². The number of nitrogen functional groups attached to an aromatic ring is 1. The van der Waals surface area contributed by atoms with Crippen molar-refractivity contribution in [3.63, 3.8) is 0 Å². The van der Waals surface area contributed by atoms with E-state index in [2.05, 4.69) is 13.8 Å². The molecular formula is C12H16N2O. The van der Waals surface area contributed by atoms with Crippen molar-refractivity contribution in [3.05, 3.63) is 24.3 Å². The van der Waals surface area contributed by atoms with E-state index in [4.69, 9.17) is 5.73 Å². The van der Waals surface area contributed by atoms with Gasteiger partial charge in [0.1, 0.15) is 0 Å². The molecule has 15 heavy (non-hydrogen) atoms. The van der Waals surface area contributed by atoms with Crippen LogP contribution < -0.4 is 10.6 Å². The maximum atomic E-state index is 11.8. The van der Waals surface area contributed by atoms with Crippen LogP contribution in [0, 0.1) is 0 Å². The van der Waals surface area contributed by atoms with E-state index < -0.39 is 0 Å². The molecule has 2 N–H and O–H groups in total. The molecule has 1 aromatic carbocycles. The first kappa shape index (κ1) is 10.0. The van der Waals surface area contributed by atoms with Gasteiger partial charge in [-0.2, -0.15) is 0 Å². The number of hydrogen-bond acceptors (Lipinski definition) is 2. The third-order valence-electron chi connectivity index (χ3n) is 2.96. The summed E-state index contributed by atoms with van der Waals surface area (Å²) >= 11 is 0. The van der Waals surface area contributed by atoms with Gasteiger partial charge in [-0.25, -0.2) is 0 Å². The first-order valence-corrected chi connectivity index (χ1v) is 5.19. The minimum atomic E-state index is -0.0762. The maximum Gasteiger partial charge on any atom is 0.227 e. The molecule has 80 valence electrons. The van der Waals surface area contributed by atoms with Crippen molar-refractivity contribution in [1.29, 1.82) is 0 Å². The predicted molar refractivity (Wildman–Crippen MR) is 61.7 cm³/mol. The molecule has 0 unspecified atom stereocenters. The van der Waals surface area contributed by atoms with Crippen LogP contribution in [0.4, 0.5) is 11.4 Å². The number of hydrogen-bond donors (Lipinski definition) is 1. The van der Waals surface area contributed by atoms with Crippen LogP contribution in [0.15, 0.2) is 24.3 Å². The molecule has 1 saturated heterocycles. The summed E-state index contributed by atoms with van der Waals surface area (Å²) in [5.74, 6) is 0.199. The zero-order valence-corrected chi connectivity index (χ0v) is 9.16. The molecule has 3 heteroatoms. The number of nitrogens with zero attached hydrogens (tertiary/aromatic N) is 1. The summed E-state index contributed by atoms with van der Waals surface area (Å²) in [6, 6.07) is 7.47. The summed E-state index contributed by atoms with van der Waals surface area (Å²) in [7, 11) is 0. The van der Waals surface area contributed by atoms with Gasteiger partial charge in [0.15, 0.2) is 0 Å². The average molecular weight is 204 g/mol. The number of amides is 1. The molecule has 3 nitrogen and oxygen atoms in total. The van der Waals surface area contributed by atoms with Crippen LogP contribution in [-0.2, 0) is 4.79 Å². The third kappa shape index (κ3) is 1.69. The van der Waals surface area contributed by atoms with E-state index >= 15 is 0 Å². The van der Waals surface area contributed by atoms with Crippen molar-refractivity contribution in [2.75, 3.05) is 10.6 Å². The fraction of sp³-hybridized carbons (Fsp3) is 0.417. The number of anilines is 2. The van der Waals surface area contributed by atoms with E-state index in [0.717, 1.165) is 17.8 Å². The second-order valence-electron chi connectivity index (χ2n) is 4.63. The van der Waals surface area contributed by atoms with Crippen LogP contribution in [0.2, 0.25) is 0 Å². The van der Waals surface area contributed by atoms with Gasteiger partial charge in [-0.05, 0) is 44.5 Å². The van der Waals surface area contributed by atoms with Gasteiger partial charge in [-0.15, -0.1) is 0 Å². The molecule has 0 spiro atoms. The largest absolute Gasteiger partial charge is 0.399 e. The Morgan fingerprint density at radius 1 is 1.27 bits per heavy atom. The van der Waals surface area contributed by atoms with Crippen LogP contribution in [0.25, 0.3) is 0 Å². The molecule has 0 radical (unpaired) electrons. The van der Waals surface area contributed by atoms with Crippen LogP contribution in [0.1, 0.15) is 26.7 Å². The highest BCUT2D eigenvalue weighted by atomic mass is 16.2. The minimum Gasteiger partial charge on any atom is -0.399 e. The van der Waals surface area contributed by atoms with Crippen molar-refractivity contribution in [2.24, 2.45) is 0 Å². The van der Waals surface area contributed by atoms with E-state index in [1.54, 1.807) is 0 Å². The standard InChI is InChI=1S/C12H16N2O/c1-12(2)8-7-11(15)14(12)10-5-3-9(13)4-6-10/h3-6H,7-8,13H2,1-2H3. The topological polar surface area (TPSA) is 46.3 Å². The van der Waals surface area contributed by atoms with Gasteiger partial charge >= 0.3 is 0 Å². The van der Waals surface area contributed by atoms with E-state index in [9.17, 15) is 4.79 Å². The van der Waals surface area contributed by atoms with Crippen LogP contribution in [0.5, 0.6) is 0 Å². The Kier molecular flexibility index (Phi) is 2.18. The highest BCUT2D eigenvalue weighted by Crippen LogP contribution is 2.34. The Morgan fingerprint density at radius 3 is 2.33 bits per heavy atom. The van der Waals surface area contributed by atoms with Crippen molar-refractivity contribution in [2.45, 2.75) is 32.2 Å². The second-order valence-corrected chi connectivity index (χ2v) is 4.63. The molecule has 1 amide bonds. The average Bonchev–Trinajstić information content (AvgIpc) is 2.43. The van der Waals surface area contributed by atoms with E-state index in [1.165, 1.54) is 0 Å². The summed E-state index contributed by atoms with van der Waals surface area (Å²) < 4.78 is 0. The van der Waals surface area contributed by atoms with E-state index in [0.29, 0.717) is 6.42 Å². The summed E-state index contributed by atoms with van der Waals surface area (Å²) in [5, 5.41) is 0. The summed E-state index contributed by atoms with van der Waals surface area (Å²) in [5.41, 5.74) is 7.21. The van der Waals surface area contributed by atoms with Gasteiger partial charge in [0.25, 0.3) is 0 Å². The lowest BCUT2D eigenvalue weighted by Gasteiger charge is -2.31. The molecule has 1 aromatic rings. The fourth-order valence-electron chi connectivity index (χ4n) is 2.09. The monoisotopic (exact) mass is 204 g/mol. The van der Waals surface area contributed by atoms with Gasteiger partial charge < -0.3 is 10.6 Å². The molecule has 0 bridgehead atoms. The van der Waals surface area contributed by atoms with Gasteiger partial charge in [-0.1, -0.05) is 0 Å². The van der Waals surface area contributed by atoms with Crippen molar-refractivity contribution >= 4 is 17.3 Å². The number of rotatable bonds is 1. The van der Waals surface area contributed by atoms with E-state index in [-0.39, 0.29) is 11.4 Å². The summed E-state index contributed by atoms with van der Waals surface area (Å²) in [4.78, 5) is 13.6. The quantitative estimate of drug-likeness (QED) is 0.713. The lowest BCUT2D eigenvalue weighted by Crippen LogP contribution is -2.40. The zero-order valence-electron chi connectivity index (χ0n) is 9.16. The molecule has 2 rings (SSSR count). The molecule has 0 aliphatic carbocycles. The second kappa shape index (κ2) is 3.26. The predicted octanol–water partition coefficient (Wildman–Crippen LogP) is 2.17. The molecule has 1 aliphatic heterocycles. The first-order valence-electron chi connectivity index (χ1n) is 5.19. The maximum absolute atomic E-state index is 11.8. The van der Waals surface area contributed by atoms with Crippen LogP contribution >= 0.6 is 0 Å². The zero-order chi connectivity index (χ0) is 11.1. The lowest BCUT2D eigenvalue weighted by molar-refractivity contribution is -0.117. The number of benzene rings is 1. The van der Waals surface area contributed by atoms with Crippen LogP contribution in [0.3, 0.4) is 0 Å². The molecular weight excluding hydrogens is 188 g/mol. The molecule has 1 fully saturated rings. The Labute approximate surface area is 89.9 Å². The van der Waals surface area contributed by atoms with Gasteiger partial charge in [0, 0.05) is 23.3 Å². The molecule has 0 saturated carbocycles. The third-order valence-corrected chi connectivity index (χ3v) is 2.96. The van der Waals surface area contributed by atoms with Crippen molar-refractivity contribution < 1.29 is 4.79 Å². The molecule has 0 atom stereocenters. The smallest absolute Gasteiger partial charge is 0.227 e. The van der Waals surface area contributed by atoms with Gasteiger partial charge in [0.2, 0.25) is 5.91 Å². The Morgan fingerprint density at radius 2 is 1.87 bits per heavy atom. The minimum absolute atomic E-state index is 0.0762. The first-order chi connectivity index (χ1) is 7.00. The normalized spacial score (nSPS) is 19.6. The number of carbonyl (C=O) groups is 1. The number of carbonyl (C=O) groups excluding carboxylic acids is 1. The Hall–Kier alpha value is -1.51. The Bertz CT molecular complexity index is 381. The lowest BCUT2D eigenvalue weighted by atomic mass is 10.0. The van der Waals surface area contributed by atoms with E-state index in [1.807, 2.05) is 29.2 Å². The Balaban J connectivity index is 2.37. The van der Waals surface area contributed by atoms with Crippen molar-refractivity contribution in [3.8, 4) is 0 Å². The number of nitrogens with two attached hydrogens (primary N) is 1. The summed E-state index contributed by atoms with van der Waals surface area (Å²) in [6.45, 7) is 4.18. The highest BCUT2D eigenvalue weighted by Gasteiger charge is 2.38. The SMILES string of the molecule is CC1(C)CCC(=O)N1c1ccc(N)cc1. The van der Waals surface area contributed by atoms with Crippen molar-refractivity contribution in [1.82, 2.24) is 0 Å². The summed E-state index contributed by atoms with van der Waals surface area (Å²) in [6.07, 6.45) is 1.55. The highest BCUT2D eigenvalue weighted by molar-refractivity contribution is 5.97. The molecule has 0 aromatic heterocycles. The fourth-order valence-corrected chi connectivity index (χ4v) is 2.09. The van der Waals surface area contributed by atoms with Gasteiger partial charge in [-0.3, -0.25) is 4.79 Å². The molecule has 1 heterocycles.